The zero-order valence-corrected chi connectivity index (χ0v) is 17.0. The third-order valence-corrected chi connectivity index (χ3v) is 4.79. The average Bonchev–Trinajstić information content (AvgIpc) is 3.40. The van der Waals surface area contributed by atoms with Gasteiger partial charge in [-0.25, -0.2) is 4.79 Å². The molecule has 9 nitrogen and oxygen atoms in total. The minimum Gasteiger partial charge on any atom is -0.454 e. The molecule has 2 heterocycles. The van der Waals surface area contributed by atoms with Crippen LogP contribution in [-0.2, 0) is 27.3 Å². The largest absolute Gasteiger partial charge is 0.454 e. The van der Waals surface area contributed by atoms with E-state index in [2.05, 4.69) is 25.7 Å². The number of amides is 1. The van der Waals surface area contributed by atoms with Gasteiger partial charge in [-0.1, -0.05) is 48.0 Å². The molecule has 158 valence electrons. The van der Waals surface area contributed by atoms with Crippen molar-refractivity contribution in [3.05, 3.63) is 65.9 Å². The fourth-order valence-electron chi connectivity index (χ4n) is 3.16. The molecule has 0 bridgehead atoms. The normalized spacial score (nSPS) is 10.9. The van der Waals surface area contributed by atoms with E-state index in [1.165, 1.54) is 0 Å². The molecule has 0 saturated heterocycles. The number of para-hydroxylation sites is 1. The molecule has 0 radical (unpaired) electrons. The Morgan fingerprint density at radius 2 is 1.94 bits per heavy atom. The van der Waals surface area contributed by atoms with Gasteiger partial charge < -0.3 is 15.0 Å². The second-order valence-corrected chi connectivity index (χ2v) is 7.13. The SMILES string of the molecule is Cc1ccc(-c2nnn(CC(=O)OCC(=O)NCCc3c[nH]c4ccccc34)n2)cc1. The van der Waals surface area contributed by atoms with E-state index in [9.17, 15) is 9.59 Å². The van der Waals surface area contributed by atoms with E-state index < -0.39 is 5.97 Å². The minimum absolute atomic E-state index is 0.221. The third-order valence-electron chi connectivity index (χ3n) is 4.79. The molecule has 1 amide bonds. The summed E-state index contributed by atoms with van der Waals surface area (Å²) >= 11 is 0. The van der Waals surface area contributed by atoms with Crippen LogP contribution in [0.4, 0.5) is 0 Å². The summed E-state index contributed by atoms with van der Waals surface area (Å²) in [6, 6.07) is 15.6. The highest BCUT2D eigenvalue weighted by atomic mass is 16.5. The maximum absolute atomic E-state index is 12.0. The molecule has 0 unspecified atom stereocenters. The van der Waals surface area contributed by atoms with Gasteiger partial charge in [-0.05, 0) is 30.2 Å². The fraction of sp³-hybridized carbons (Fsp3) is 0.227. The van der Waals surface area contributed by atoms with Crippen molar-refractivity contribution in [1.82, 2.24) is 30.5 Å². The van der Waals surface area contributed by atoms with Crippen LogP contribution in [0.3, 0.4) is 0 Å². The second-order valence-electron chi connectivity index (χ2n) is 7.13. The molecule has 0 saturated carbocycles. The lowest BCUT2D eigenvalue weighted by Gasteiger charge is -2.06. The van der Waals surface area contributed by atoms with Gasteiger partial charge in [0, 0.05) is 29.2 Å². The maximum atomic E-state index is 12.0. The number of rotatable bonds is 8. The van der Waals surface area contributed by atoms with E-state index in [-0.39, 0.29) is 19.1 Å². The Bertz CT molecular complexity index is 1200. The Hall–Kier alpha value is -4.01. The average molecular weight is 418 g/mol. The van der Waals surface area contributed by atoms with Crippen molar-refractivity contribution in [1.29, 1.82) is 0 Å². The van der Waals surface area contributed by atoms with E-state index >= 15 is 0 Å². The third kappa shape index (κ3) is 5.13. The van der Waals surface area contributed by atoms with Gasteiger partial charge >= 0.3 is 5.97 Å². The first-order valence-electron chi connectivity index (χ1n) is 9.90. The Morgan fingerprint density at radius 3 is 2.77 bits per heavy atom. The zero-order valence-electron chi connectivity index (χ0n) is 17.0. The number of hydrogen-bond acceptors (Lipinski definition) is 6. The number of nitrogens with zero attached hydrogens (tertiary/aromatic N) is 4. The number of carbonyl (C=O) groups excluding carboxylic acids is 2. The lowest BCUT2D eigenvalue weighted by Crippen LogP contribution is -2.31. The van der Waals surface area contributed by atoms with Crippen LogP contribution in [0.2, 0.25) is 0 Å². The number of aromatic nitrogens is 5. The predicted molar refractivity (Wildman–Crippen MR) is 114 cm³/mol. The molecule has 0 atom stereocenters. The highest BCUT2D eigenvalue weighted by Gasteiger charge is 2.12. The number of carbonyl (C=O) groups is 2. The smallest absolute Gasteiger partial charge is 0.330 e. The van der Waals surface area contributed by atoms with E-state index in [1.807, 2.05) is 61.7 Å². The maximum Gasteiger partial charge on any atom is 0.330 e. The first kappa shape index (κ1) is 20.3. The van der Waals surface area contributed by atoms with Crippen LogP contribution >= 0.6 is 0 Å². The Labute approximate surface area is 178 Å². The second kappa shape index (κ2) is 9.21. The van der Waals surface area contributed by atoms with Crippen molar-refractivity contribution in [2.45, 2.75) is 19.9 Å². The van der Waals surface area contributed by atoms with Gasteiger partial charge in [0.25, 0.3) is 5.91 Å². The quantitative estimate of drug-likeness (QED) is 0.423. The number of nitrogens with one attached hydrogen (secondary N) is 2. The van der Waals surface area contributed by atoms with Crippen LogP contribution < -0.4 is 5.32 Å². The molecular weight excluding hydrogens is 396 g/mol. The molecule has 4 rings (SSSR count). The highest BCUT2D eigenvalue weighted by molar-refractivity contribution is 5.83. The number of aryl methyl sites for hydroxylation is 1. The highest BCUT2D eigenvalue weighted by Crippen LogP contribution is 2.17. The standard InChI is InChI=1S/C22H22N6O3/c1-15-6-8-16(9-7-15)22-25-27-28(26-22)13-21(30)31-14-20(29)23-11-10-17-12-24-19-5-3-2-4-18(17)19/h2-9,12,24H,10-11,13-14H2,1H3,(H,23,29). The minimum atomic E-state index is -0.611. The topological polar surface area (TPSA) is 115 Å². The molecule has 0 aliphatic carbocycles. The summed E-state index contributed by atoms with van der Waals surface area (Å²) in [5.41, 5.74) is 4.11. The van der Waals surface area contributed by atoms with Crippen molar-refractivity contribution < 1.29 is 14.3 Å². The van der Waals surface area contributed by atoms with Crippen molar-refractivity contribution in [2.75, 3.05) is 13.2 Å². The first-order chi connectivity index (χ1) is 15.1. The molecule has 0 aliphatic heterocycles. The van der Waals surface area contributed by atoms with E-state index in [1.54, 1.807) is 0 Å². The molecular formula is C22H22N6O3. The van der Waals surface area contributed by atoms with Gasteiger partial charge in [0.15, 0.2) is 13.2 Å². The lowest BCUT2D eigenvalue weighted by molar-refractivity contribution is -0.149. The molecule has 0 spiro atoms. The number of aromatic amines is 1. The molecule has 4 aromatic rings. The summed E-state index contributed by atoms with van der Waals surface area (Å²) in [7, 11) is 0. The number of fused-ring (bicyclic) bond motifs is 1. The first-order valence-corrected chi connectivity index (χ1v) is 9.90. The van der Waals surface area contributed by atoms with Crippen molar-refractivity contribution >= 4 is 22.8 Å². The fourth-order valence-corrected chi connectivity index (χ4v) is 3.16. The Balaban J connectivity index is 1.20. The summed E-state index contributed by atoms with van der Waals surface area (Å²) in [6.07, 6.45) is 2.61. The van der Waals surface area contributed by atoms with Crippen LogP contribution in [-0.4, -0.2) is 50.2 Å². The molecule has 2 N–H and O–H groups in total. The van der Waals surface area contributed by atoms with Crippen molar-refractivity contribution in [2.24, 2.45) is 0 Å². The zero-order chi connectivity index (χ0) is 21.6. The molecule has 9 heteroatoms. The Morgan fingerprint density at radius 1 is 1.13 bits per heavy atom. The number of ether oxygens (including phenoxy) is 1. The van der Waals surface area contributed by atoms with Crippen LogP contribution in [0.5, 0.6) is 0 Å². The predicted octanol–water partition coefficient (Wildman–Crippen LogP) is 2.03. The number of esters is 1. The van der Waals surface area contributed by atoms with E-state index in [0.29, 0.717) is 18.8 Å². The van der Waals surface area contributed by atoms with Crippen LogP contribution in [0.1, 0.15) is 11.1 Å². The molecule has 2 aromatic carbocycles. The van der Waals surface area contributed by atoms with Gasteiger partial charge in [0.1, 0.15) is 0 Å². The van der Waals surface area contributed by atoms with E-state index in [4.69, 9.17) is 4.74 Å². The summed E-state index contributed by atoms with van der Waals surface area (Å²) in [4.78, 5) is 28.3. The summed E-state index contributed by atoms with van der Waals surface area (Å²) in [5.74, 6) is -0.553. The number of benzene rings is 2. The number of tetrazole rings is 1. The van der Waals surface area contributed by atoms with Crippen LogP contribution in [0.25, 0.3) is 22.3 Å². The molecule has 0 aliphatic rings. The van der Waals surface area contributed by atoms with Crippen LogP contribution in [0, 0.1) is 6.92 Å². The van der Waals surface area contributed by atoms with Gasteiger partial charge in [-0.2, -0.15) is 4.80 Å². The summed E-state index contributed by atoms with van der Waals surface area (Å²) in [6.45, 7) is 1.86. The van der Waals surface area contributed by atoms with E-state index in [0.717, 1.165) is 32.4 Å². The van der Waals surface area contributed by atoms with Gasteiger partial charge in [0.2, 0.25) is 5.82 Å². The molecule has 2 aromatic heterocycles. The Kier molecular flexibility index (Phi) is 6.02. The summed E-state index contributed by atoms with van der Waals surface area (Å²) < 4.78 is 5.01. The van der Waals surface area contributed by atoms with Gasteiger partial charge in [-0.15, -0.1) is 10.2 Å². The van der Waals surface area contributed by atoms with Crippen molar-refractivity contribution in [3.8, 4) is 11.4 Å². The number of H-pyrrole nitrogens is 1. The number of hydrogen-bond donors (Lipinski definition) is 2. The van der Waals surface area contributed by atoms with Gasteiger partial charge in [-0.3, -0.25) is 4.79 Å². The van der Waals surface area contributed by atoms with Crippen LogP contribution in [0.15, 0.2) is 54.7 Å². The molecule has 0 fully saturated rings. The monoisotopic (exact) mass is 418 g/mol. The molecule has 31 heavy (non-hydrogen) atoms. The van der Waals surface area contributed by atoms with Gasteiger partial charge in [0.05, 0.1) is 0 Å². The lowest BCUT2D eigenvalue weighted by atomic mass is 10.1. The van der Waals surface area contributed by atoms with Crippen molar-refractivity contribution in [3.63, 3.8) is 0 Å². The summed E-state index contributed by atoms with van der Waals surface area (Å²) in [5, 5.41) is 15.9.